The van der Waals surface area contributed by atoms with Crippen LogP contribution in [0.4, 0.5) is 4.39 Å². The number of rotatable bonds is 3. The maximum absolute atomic E-state index is 13.7. The Morgan fingerprint density at radius 2 is 2.17 bits per heavy atom. The van der Waals surface area contributed by atoms with Crippen molar-refractivity contribution in [3.8, 4) is 11.4 Å². The smallest absolute Gasteiger partial charge is 0.309 e. The lowest BCUT2D eigenvalue weighted by molar-refractivity contribution is -0.136. The molecule has 0 atom stereocenters. The molecule has 2 aromatic rings. The average molecular weight is 313 g/mol. The minimum Gasteiger partial charge on any atom is -0.481 e. The van der Waals surface area contributed by atoms with Crippen molar-refractivity contribution >= 4 is 21.9 Å². The van der Waals surface area contributed by atoms with Crippen LogP contribution >= 0.6 is 15.9 Å². The number of nitrogens with zero attached hydrogens (tertiary/aromatic N) is 2. The Bertz CT molecular complexity index is 610. The summed E-state index contributed by atoms with van der Waals surface area (Å²) in [5, 5.41) is 8.81. The van der Waals surface area contributed by atoms with Crippen molar-refractivity contribution < 1.29 is 14.3 Å². The predicted octanol–water partition coefficient (Wildman–Crippen LogP) is 2.62. The first-order valence-corrected chi connectivity index (χ1v) is 5.97. The summed E-state index contributed by atoms with van der Waals surface area (Å²) in [7, 11) is 1.66. The highest BCUT2D eigenvalue weighted by molar-refractivity contribution is 9.10. The maximum Gasteiger partial charge on any atom is 0.309 e. The molecule has 0 aliphatic rings. The Morgan fingerprint density at radius 3 is 2.78 bits per heavy atom. The van der Waals surface area contributed by atoms with Gasteiger partial charge in [-0.25, -0.2) is 9.37 Å². The lowest BCUT2D eigenvalue weighted by Gasteiger charge is -2.05. The standard InChI is InChI=1S/C12H10BrFN2O2/c1-16-9(6-10(17)18)11(13)15-12(16)7-4-2-3-5-8(7)14/h2-5H,6H2,1H3,(H,17,18). The number of hydrogen-bond donors (Lipinski definition) is 1. The molecule has 0 amide bonds. The molecule has 18 heavy (non-hydrogen) atoms. The van der Waals surface area contributed by atoms with Crippen LogP contribution in [0.2, 0.25) is 0 Å². The highest BCUT2D eigenvalue weighted by Crippen LogP contribution is 2.26. The summed E-state index contributed by atoms with van der Waals surface area (Å²) in [6, 6.07) is 6.25. The van der Waals surface area contributed by atoms with E-state index in [1.807, 2.05) is 0 Å². The molecule has 0 saturated carbocycles. The Balaban J connectivity index is 2.54. The molecule has 0 spiro atoms. The minimum atomic E-state index is -0.959. The van der Waals surface area contributed by atoms with Crippen molar-refractivity contribution in [2.45, 2.75) is 6.42 Å². The number of aliphatic carboxylic acids is 1. The van der Waals surface area contributed by atoms with Gasteiger partial charge in [0, 0.05) is 7.05 Å². The Labute approximate surface area is 111 Å². The van der Waals surface area contributed by atoms with Crippen molar-refractivity contribution in [1.29, 1.82) is 0 Å². The van der Waals surface area contributed by atoms with Crippen LogP contribution in [0, 0.1) is 5.82 Å². The third-order valence-corrected chi connectivity index (χ3v) is 3.23. The summed E-state index contributed by atoms with van der Waals surface area (Å²) in [4.78, 5) is 14.9. The van der Waals surface area contributed by atoms with Crippen molar-refractivity contribution in [2.75, 3.05) is 0 Å². The van der Waals surface area contributed by atoms with Crippen LogP contribution in [0.5, 0.6) is 0 Å². The molecule has 0 bridgehead atoms. The number of carbonyl (C=O) groups is 1. The highest BCUT2D eigenvalue weighted by atomic mass is 79.9. The van der Waals surface area contributed by atoms with E-state index in [9.17, 15) is 9.18 Å². The Morgan fingerprint density at radius 1 is 1.50 bits per heavy atom. The fraction of sp³-hybridized carbons (Fsp3) is 0.167. The van der Waals surface area contributed by atoms with E-state index >= 15 is 0 Å². The van der Waals surface area contributed by atoms with Gasteiger partial charge in [-0.3, -0.25) is 4.79 Å². The first kappa shape index (κ1) is 12.8. The number of carboxylic acid groups (broad SMARTS) is 1. The van der Waals surface area contributed by atoms with Crippen LogP contribution in [-0.4, -0.2) is 20.6 Å². The molecular formula is C12H10BrFN2O2. The fourth-order valence-electron chi connectivity index (χ4n) is 1.72. The summed E-state index contributed by atoms with van der Waals surface area (Å²) < 4.78 is 15.7. The summed E-state index contributed by atoms with van der Waals surface area (Å²) >= 11 is 3.20. The molecule has 94 valence electrons. The minimum absolute atomic E-state index is 0.168. The first-order chi connectivity index (χ1) is 8.50. The van der Waals surface area contributed by atoms with Gasteiger partial charge in [-0.2, -0.15) is 0 Å². The van der Waals surface area contributed by atoms with Crippen LogP contribution in [-0.2, 0) is 18.3 Å². The van der Waals surface area contributed by atoms with Gasteiger partial charge in [-0.1, -0.05) is 12.1 Å². The molecule has 1 aromatic heterocycles. The fourth-order valence-corrected chi connectivity index (χ4v) is 2.29. The normalized spacial score (nSPS) is 10.6. The van der Waals surface area contributed by atoms with E-state index in [2.05, 4.69) is 20.9 Å². The van der Waals surface area contributed by atoms with Crippen LogP contribution in [0.1, 0.15) is 5.69 Å². The van der Waals surface area contributed by atoms with Crippen molar-refractivity contribution in [1.82, 2.24) is 9.55 Å². The van der Waals surface area contributed by atoms with Gasteiger partial charge in [0.2, 0.25) is 0 Å². The summed E-state index contributed by atoms with van der Waals surface area (Å²) in [5.41, 5.74) is 0.845. The molecule has 0 unspecified atom stereocenters. The molecule has 2 rings (SSSR count). The topological polar surface area (TPSA) is 55.1 Å². The molecule has 0 radical (unpaired) electrons. The Kier molecular flexibility index (Phi) is 3.47. The van der Waals surface area contributed by atoms with Gasteiger partial charge >= 0.3 is 5.97 Å². The lowest BCUT2D eigenvalue weighted by Crippen LogP contribution is -2.06. The predicted molar refractivity (Wildman–Crippen MR) is 67.6 cm³/mol. The maximum atomic E-state index is 13.7. The van der Waals surface area contributed by atoms with Crippen LogP contribution < -0.4 is 0 Å². The molecular weight excluding hydrogens is 303 g/mol. The second-order valence-electron chi connectivity index (χ2n) is 3.78. The molecule has 0 aliphatic carbocycles. The molecule has 1 heterocycles. The van der Waals surface area contributed by atoms with E-state index in [-0.39, 0.29) is 12.2 Å². The Hall–Kier alpha value is -1.69. The molecule has 0 saturated heterocycles. The average Bonchev–Trinajstić information content (AvgIpc) is 2.57. The number of carboxylic acids is 1. The SMILES string of the molecule is Cn1c(-c2ccccc2F)nc(Br)c1CC(=O)O. The van der Waals surface area contributed by atoms with Crippen LogP contribution in [0.3, 0.4) is 0 Å². The molecule has 4 nitrogen and oxygen atoms in total. The highest BCUT2D eigenvalue weighted by Gasteiger charge is 2.18. The monoisotopic (exact) mass is 312 g/mol. The van der Waals surface area contributed by atoms with E-state index in [1.54, 1.807) is 29.8 Å². The molecule has 0 fully saturated rings. The lowest BCUT2D eigenvalue weighted by atomic mass is 10.2. The van der Waals surface area contributed by atoms with Gasteiger partial charge in [0.15, 0.2) is 0 Å². The summed E-state index contributed by atoms with van der Waals surface area (Å²) in [6.45, 7) is 0. The van der Waals surface area contributed by atoms with E-state index in [4.69, 9.17) is 5.11 Å². The summed E-state index contributed by atoms with van der Waals surface area (Å²) in [5.74, 6) is -0.949. The van der Waals surface area contributed by atoms with Gasteiger partial charge in [0.1, 0.15) is 16.2 Å². The second kappa shape index (κ2) is 4.89. The van der Waals surface area contributed by atoms with E-state index in [0.29, 0.717) is 21.7 Å². The van der Waals surface area contributed by atoms with E-state index < -0.39 is 5.97 Å². The second-order valence-corrected chi connectivity index (χ2v) is 4.53. The zero-order chi connectivity index (χ0) is 13.3. The van der Waals surface area contributed by atoms with Gasteiger partial charge in [0.05, 0.1) is 17.7 Å². The summed E-state index contributed by atoms with van der Waals surface area (Å²) in [6.07, 6.45) is -0.168. The van der Waals surface area contributed by atoms with Crippen molar-refractivity contribution in [3.05, 3.63) is 40.4 Å². The van der Waals surface area contributed by atoms with Gasteiger partial charge in [-0.15, -0.1) is 0 Å². The van der Waals surface area contributed by atoms with Crippen LogP contribution in [0.15, 0.2) is 28.9 Å². The molecule has 6 heteroatoms. The third kappa shape index (κ3) is 2.28. The van der Waals surface area contributed by atoms with Gasteiger partial charge < -0.3 is 9.67 Å². The van der Waals surface area contributed by atoms with Gasteiger partial charge in [-0.05, 0) is 28.1 Å². The number of imidazole rings is 1. The zero-order valence-electron chi connectivity index (χ0n) is 9.52. The zero-order valence-corrected chi connectivity index (χ0v) is 11.1. The van der Waals surface area contributed by atoms with Crippen LogP contribution in [0.25, 0.3) is 11.4 Å². The number of halogens is 2. The number of aromatic nitrogens is 2. The number of benzene rings is 1. The quantitative estimate of drug-likeness (QED) is 0.948. The number of hydrogen-bond acceptors (Lipinski definition) is 2. The van der Waals surface area contributed by atoms with Crippen molar-refractivity contribution in [3.63, 3.8) is 0 Å². The largest absolute Gasteiger partial charge is 0.481 e. The third-order valence-electron chi connectivity index (χ3n) is 2.60. The van der Waals surface area contributed by atoms with E-state index in [0.717, 1.165) is 0 Å². The van der Waals surface area contributed by atoms with Gasteiger partial charge in [0.25, 0.3) is 0 Å². The first-order valence-electron chi connectivity index (χ1n) is 5.18. The molecule has 1 aromatic carbocycles. The van der Waals surface area contributed by atoms with E-state index in [1.165, 1.54) is 6.07 Å². The van der Waals surface area contributed by atoms with Crippen molar-refractivity contribution in [2.24, 2.45) is 7.05 Å². The molecule has 0 aliphatic heterocycles. The molecule has 1 N–H and O–H groups in total.